The van der Waals surface area contributed by atoms with Crippen molar-refractivity contribution in [3.63, 3.8) is 0 Å². The van der Waals surface area contributed by atoms with Gasteiger partial charge in [0.25, 0.3) is 5.56 Å². The molecule has 21 heavy (non-hydrogen) atoms. The summed E-state index contributed by atoms with van der Waals surface area (Å²) in [6.45, 7) is 3.29. The Morgan fingerprint density at radius 1 is 1.48 bits per heavy atom. The summed E-state index contributed by atoms with van der Waals surface area (Å²) in [6, 6.07) is 2.26. The van der Waals surface area contributed by atoms with Crippen molar-refractivity contribution >= 4 is 28.6 Å². The van der Waals surface area contributed by atoms with E-state index in [9.17, 15) is 4.79 Å². The van der Waals surface area contributed by atoms with Gasteiger partial charge in [-0.05, 0) is 37.3 Å². The standard InChI is InChI=1S/C15H18ClN3OS/c1-2-6-19-15(20)14(16)12(9-18-19)17-8-11-7-10-4-3-5-13(10)21-11/h7,9,17H,2-6,8H2,1H3. The highest BCUT2D eigenvalue weighted by Gasteiger charge is 2.15. The zero-order valence-electron chi connectivity index (χ0n) is 12.0. The summed E-state index contributed by atoms with van der Waals surface area (Å²) in [7, 11) is 0. The maximum atomic E-state index is 12.0. The Hall–Kier alpha value is -1.33. The molecule has 0 radical (unpaired) electrons. The van der Waals surface area contributed by atoms with E-state index >= 15 is 0 Å². The van der Waals surface area contributed by atoms with E-state index in [-0.39, 0.29) is 10.6 Å². The predicted molar refractivity (Wildman–Crippen MR) is 87.5 cm³/mol. The molecular weight excluding hydrogens is 306 g/mol. The van der Waals surface area contributed by atoms with Crippen LogP contribution < -0.4 is 10.9 Å². The lowest BCUT2D eigenvalue weighted by Crippen LogP contribution is -2.24. The summed E-state index contributed by atoms with van der Waals surface area (Å²) >= 11 is 8.00. The lowest BCUT2D eigenvalue weighted by Gasteiger charge is -2.09. The van der Waals surface area contributed by atoms with Gasteiger partial charge in [-0.15, -0.1) is 11.3 Å². The molecule has 3 rings (SSSR count). The van der Waals surface area contributed by atoms with Crippen molar-refractivity contribution < 1.29 is 0 Å². The molecule has 2 aromatic heterocycles. The van der Waals surface area contributed by atoms with Crippen molar-refractivity contribution in [1.29, 1.82) is 0 Å². The van der Waals surface area contributed by atoms with Gasteiger partial charge in [0, 0.05) is 22.8 Å². The number of halogens is 1. The number of nitrogens with one attached hydrogen (secondary N) is 1. The number of hydrogen-bond donors (Lipinski definition) is 1. The lowest BCUT2D eigenvalue weighted by atomic mass is 10.2. The van der Waals surface area contributed by atoms with Gasteiger partial charge in [0.05, 0.1) is 11.9 Å². The van der Waals surface area contributed by atoms with E-state index < -0.39 is 0 Å². The van der Waals surface area contributed by atoms with Crippen LogP contribution in [0.1, 0.15) is 35.1 Å². The third-order valence-electron chi connectivity index (χ3n) is 3.67. The van der Waals surface area contributed by atoms with Crippen molar-refractivity contribution in [1.82, 2.24) is 9.78 Å². The molecule has 1 aliphatic rings. The van der Waals surface area contributed by atoms with Crippen LogP contribution in [0.3, 0.4) is 0 Å². The second-order valence-electron chi connectivity index (χ2n) is 5.27. The monoisotopic (exact) mass is 323 g/mol. The first-order valence-corrected chi connectivity index (χ1v) is 8.48. The largest absolute Gasteiger partial charge is 0.377 e. The molecule has 0 aliphatic heterocycles. The fraction of sp³-hybridized carbons (Fsp3) is 0.467. The number of anilines is 1. The van der Waals surface area contributed by atoms with E-state index in [1.54, 1.807) is 6.20 Å². The summed E-state index contributed by atoms with van der Waals surface area (Å²) in [5.41, 5.74) is 1.87. The average Bonchev–Trinajstić information content (AvgIpc) is 3.04. The molecule has 0 atom stereocenters. The van der Waals surface area contributed by atoms with Gasteiger partial charge in [-0.2, -0.15) is 5.10 Å². The van der Waals surface area contributed by atoms with E-state index in [4.69, 9.17) is 11.6 Å². The molecule has 1 aliphatic carbocycles. The van der Waals surface area contributed by atoms with E-state index in [1.807, 2.05) is 18.3 Å². The van der Waals surface area contributed by atoms with Crippen LogP contribution in [0, 0.1) is 0 Å². The molecule has 4 nitrogen and oxygen atoms in total. The van der Waals surface area contributed by atoms with Crippen LogP contribution in [0.15, 0.2) is 17.1 Å². The SMILES string of the molecule is CCCn1ncc(NCc2cc3c(s2)CCC3)c(Cl)c1=O. The fourth-order valence-electron chi connectivity index (χ4n) is 2.62. The first-order chi connectivity index (χ1) is 10.2. The molecule has 0 aromatic carbocycles. The summed E-state index contributed by atoms with van der Waals surface area (Å²) in [5, 5.41) is 7.61. The molecular formula is C15H18ClN3OS. The molecule has 0 spiro atoms. The van der Waals surface area contributed by atoms with E-state index in [1.165, 1.54) is 39.3 Å². The Balaban J connectivity index is 1.72. The van der Waals surface area contributed by atoms with Crippen molar-refractivity contribution in [2.24, 2.45) is 0 Å². The zero-order valence-corrected chi connectivity index (χ0v) is 13.6. The molecule has 0 amide bonds. The predicted octanol–water partition coefficient (Wildman–Crippen LogP) is 3.47. The summed E-state index contributed by atoms with van der Waals surface area (Å²) in [6.07, 6.45) is 6.17. The first kappa shape index (κ1) is 14.6. The van der Waals surface area contributed by atoms with Crippen molar-refractivity contribution in [2.45, 2.75) is 45.7 Å². The van der Waals surface area contributed by atoms with E-state index in [2.05, 4.69) is 16.5 Å². The summed E-state index contributed by atoms with van der Waals surface area (Å²) in [4.78, 5) is 14.8. The van der Waals surface area contributed by atoms with Gasteiger partial charge in [0.2, 0.25) is 0 Å². The molecule has 0 unspecified atom stereocenters. The normalized spacial score (nSPS) is 13.4. The van der Waals surface area contributed by atoms with Crippen molar-refractivity contribution in [2.75, 3.05) is 5.32 Å². The maximum absolute atomic E-state index is 12.0. The van der Waals surface area contributed by atoms with Gasteiger partial charge in [0.15, 0.2) is 0 Å². The molecule has 1 N–H and O–H groups in total. The van der Waals surface area contributed by atoms with Gasteiger partial charge >= 0.3 is 0 Å². The topological polar surface area (TPSA) is 46.9 Å². The molecule has 6 heteroatoms. The number of thiophene rings is 1. The Morgan fingerprint density at radius 2 is 2.33 bits per heavy atom. The third-order valence-corrected chi connectivity index (χ3v) is 5.27. The minimum Gasteiger partial charge on any atom is -0.377 e. The second kappa shape index (κ2) is 6.20. The maximum Gasteiger partial charge on any atom is 0.287 e. The van der Waals surface area contributed by atoms with Gasteiger partial charge < -0.3 is 5.32 Å². The molecule has 0 bridgehead atoms. The molecule has 2 heterocycles. The number of hydrogen-bond acceptors (Lipinski definition) is 4. The number of aromatic nitrogens is 2. The highest BCUT2D eigenvalue weighted by molar-refractivity contribution is 7.12. The van der Waals surface area contributed by atoms with E-state index in [0.29, 0.717) is 18.8 Å². The quantitative estimate of drug-likeness (QED) is 0.916. The first-order valence-electron chi connectivity index (χ1n) is 7.29. The minimum absolute atomic E-state index is 0.225. The van der Waals surface area contributed by atoms with E-state index in [0.717, 1.165) is 6.42 Å². The number of fused-ring (bicyclic) bond motifs is 1. The molecule has 2 aromatic rings. The third kappa shape index (κ3) is 2.99. The highest BCUT2D eigenvalue weighted by Crippen LogP contribution is 2.31. The molecule has 0 saturated carbocycles. The van der Waals surface area contributed by atoms with Crippen LogP contribution in [-0.2, 0) is 25.9 Å². The number of rotatable bonds is 5. The highest BCUT2D eigenvalue weighted by atomic mass is 35.5. The Morgan fingerprint density at radius 3 is 3.10 bits per heavy atom. The van der Waals surface area contributed by atoms with Crippen LogP contribution >= 0.6 is 22.9 Å². The van der Waals surface area contributed by atoms with Crippen LogP contribution in [0.25, 0.3) is 0 Å². The average molecular weight is 324 g/mol. The summed E-state index contributed by atoms with van der Waals surface area (Å²) in [5.74, 6) is 0. The van der Waals surface area contributed by atoms with Crippen LogP contribution in [0.2, 0.25) is 5.02 Å². The van der Waals surface area contributed by atoms with Gasteiger partial charge in [0.1, 0.15) is 5.02 Å². The Labute approximate surface area is 132 Å². The Kier molecular flexibility index (Phi) is 4.31. The Bertz CT molecular complexity index is 686. The van der Waals surface area contributed by atoms with Gasteiger partial charge in [-0.3, -0.25) is 4.79 Å². The second-order valence-corrected chi connectivity index (χ2v) is 6.87. The zero-order chi connectivity index (χ0) is 14.8. The molecule has 0 fully saturated rings. The number of nitrogens with zero attached hydrogens (tertiary/aromatic N) is 2. The fourth-order valence-corrected chi connectivity index (χ4v) is 4.03. The van der Waals surface area contributed by atoms with Crippen molar-refractivity contribution in [3.05, 3.63) is 43.0 Å². The van der Waals surface area contributed by atoms with Gasteiger partial charge in [-0.25, -0.2) is 4.68 Å². The van der Waals surface area contributed by atoms with Crippen LogP contribution in [0.4, 0.5) is 5.69 Å². The van der Waals surface area contributed by atoms with Gasteiger partial charge in [-0.1, -0.05) is 18.5 Å². The molecule has 0 saturated heterocycles. The van der Waals surface area contributed by atoms with Crippen LogP contribution in [0.5, 0.6) is 0 Å². The summed E-state index contributed by atoms with van der Waals surface area (Å²) < 4.78 is 1.41. The minimum atomic E-state index is -0.225. The van der Waals surface area contributed by atoms with Crippen LogP contribution in [-0.4, -0.2) is 9.78 Å². The van der Waals surface area contributed by atoms with Crippen molar-refractivity contribution in [3.8, 4) is 0 Å². The number of aryl methyl sites for hydroxylation is 3. The smallest absolute Gasteiger partial charge is 0.287 e. The molecule has 112 valence electrons. The lowest BCUT2D eigenvalue weighted by molar-refractivity contribution is 0.568.